The first-order chi connectivity index (χ1) is 19.2. The molecule has 0 aliphatic heterocycles. The molecule has 0 spiro atoms. The lowest BCUT2D eigenvalue weighted by Crippen LogP contribution is -2.66. The molecule has 4 aliphatic rings. The largest absolute Gasteiger partial charge is 0.461 e. The van der Waals surface area contributed by atoms with E-state index in [1.807, 2.05) is 27.7 Å². The van der Waals surface area contributed by atoms with E-state index in [4.69, 9.17) is 19.7 Å². The van der Waals surface area contributed by atoms with E-state index in [0.29, 0.717) is 24.6 Å². The topological polar surface area (TPSA) is 173 Å². The standard InChI is InChI=1S/C30H40N2O9/c1-7-9-21(33)39-15-18-12-19-24-27(5,6)30(24,41-22(34)10-8-2)26(40-23(35)14-32-31)17(4)29(19,38)20-11-16(3)25(36)28(20,37)13-18/h11-12,14,17,19-20,24,26,37-38H,7-10,13,15H2,1-6H3/t17-,19+,20-,24-,26-,28-,29-,30-/m1/s1. The van der Waals surface area contributed by atoms with Crippen LogP contribution in [0.15, 0.2) is 23.3 Å². The Kier molecular flexibility index (Phi) is 7.97. The SMILES string of the molecule is CCCC(=O)OCC1=C[C@H]2[C@@H]3C(C)(C)[C@]3(OC(=O)CCC)[C@H](OC(=O)C=[N+]=[N-])[C@@H](C)[C@]2(O)[C@@H]2C=C(C)C(=O)[C@@]2(O)C1. The predicted molar refractivity (Wildman–Crippen MR) is 144 cm³/mol. The van der Waals surface area contributed by atoms with Gasteiger partial charge in [0.2, 0.25) is 0 Å². The summed E-state index contributed by atoms with van der Waals surface area (Å²) >= 11 is 0. The fourth-order valence-electron chi connectivity index (χ4n) is 7.91. The van der Waals surface area contributed by atoms with E-state index < -0.39 is 75.7 Å². The van der Waals surface area contributed by atoms with Gasteiger partial charge >= 0.3 is 24.1 Å². The third-order valence-corrected chi connectivity index (χ3v) is 9.77. The normalized spacial score (nSPS) is 38.0. The van der Waals surface area contributed by atoms with Gasteiger partial charge in [-0.15, -0.1) is 0 Å². The van der Waals surface area contributed by atoms with Crippen LogP contribution in [-0.2, 0) is 33.4 Å². The number of carbonyl (C=O) groups excluding carboxylic acids is 4. The van der Waals surface area contributed by atoms with Crippen LogP contribution in [0.3, 0.4) is 0 Å². The third kappa shape index (κ3) is 4.49. The third-order valence-electron chi connectivity index (χ3n) is 9.77. The van der Waals surface area contributed by atoms with Gasteiger partial charge in [0.1, 0.15) is 18.3 Å². The lowest BCUT2D eigenvalue weighted by Gasteiger charge is -2.52. The molecule has 2 N–H and O–H groups in total. The molecule has 2 fully saturated rings. The molecule has 11 heteroatoms. The smallest absolute Gasteiger partial charge is 0.414 e. The van der Waals surface area contributed by atoms with Crippen LogP contribution in [0.25, 0.3) is 5.53 Å². The van der Waals surface area contributed by atoms with Crippen molar-refractivity contribution in [1.29, 1.82) is 0 Å². The van der Waals surface area contributed by atoms with Crippen LogP contribution in [0.1, 0.15) is 73.6 Å². The van der Waals surface area contributed by atoms with E-state index in [-0.39, 0.29) is 31.4 Å². The van der Waals surface area contributed by atoms with Crippen molar-refractivity contribution >= 4 is 29.9 Å². The van der Waals surface area contributed by atoms with Gasteiger partial charge in [-0.1, -0.05) is 46.8 Å². The number of fused-ring (bicyclic) bond motifs is 5. The maximum Gasteiger partial charge on any atom is 0.414 e. The highest BCUT2D eigenvalue weighted by molar-refractivity contribution is 6.20. The monoisotopic (exact) mass is 572 g/mol. The minimum atomic E-state index is -2.04. The number of aliphatic hydroxyl groups is 2. The molecule has 0 radical (unpaired) electrons. The molecule has 4 aliphatic carbocycles. The highest BCUT2D eigenvalue weighted by Gasteiger charge is 2.88. The van der Waals surface area contributed by atoms with Crippen molar-refractivity contribution in [3.8, 4) is 0 Å². The van der Waals surface area contributed by atoms with Crippen molar-refractivity contribution in [3.63, 3.8) is 0 Å². The Bertz CT molecular complexity index is 1260. The summed E-state index contributed by atoms with van der Waals surface area (Å²) in [5, 5.41) is 24.7. The Morgan fingerprint density at radius 3 is 2.37 bits per heavy atom. The number of hydrogen-bond donors (Lipinski definition) is 2. The van der Waals surface area contributed by atoms with Crippen LogP contribution in [-0.4, -0.2) is 74.4 Å². The van der Waals surface area contributed by atoms with Gasteiger partial charge in [0, 0.05) is 48.3 Å². The Morgan fingerprint density at radius 1 is 1.12 bits per heavy atom. The van der Waals surface area contributed by atoms with E-state index in [1.165, 1.54) is 0 Å². The van der Waals surface area contributed by atoms with Gasteiger partial charge in [-0.25, -0.2) is 4.79 Å². The molecule has 0 aromatic rings. The van der Waals surface area contributed by atoms with Crippen molar-refractivity contribution in [3.05, 3.63) is 28.8 Å². The highest BCUT2D eigenvalue weighted by Crippen LogP contribution is 2.77. The van der Waals surface area contributed by atoms with E-state index in [2.05, 4.69) is 4.79 Å². The number of hydrogen-bond acceptors (Lipinski definition) is 9. The van der Waals surface area contributed by atoms with Crippen LogP contribution in [0.2, 0.25) is 0 Å². The molecule has 0 aromatic carbocycles. The number of carbonyl (C=O) groups is 4. The maximum absolute atomic E-state index is 13.4. The van der Waals surface area contributed by atoms with Crippen LogP contribution < -0.4 is 0 Å². The van der Waals surface area contributed by atoms with Crippen molar-refractivity contribution in [2.24, 2.45) is 29.1 Å². The summed E-state index contributed by atoms with van der Waals surface area (Å²) in [6.07, 6.45) is 3.95. The van der Waals surface area contributed by atoms with Crippen LogP contribution >= 0.6 is 0 Å². The minimum absolute atomic E-state index is 0.125. The molecule has 11 nitrogen and oxygen atoms in total. The second-order valence-corrected chi connectivity index (χ2v) is 12.5. The number of ether oxygens (including phenoxy) is 3. The highest BCUT2D eigenvalue weighted by atomic mass is 16.6. The maximum atomic E-state index is 13.4. The first kappa shape index (κ1) is 30.8. The van der Waals surface area contributed by atoms with E-state index in [1.54, 1.807) is 26.0 Å². The second-order valence-electron chi connectivity index (χ2n) is 12.5. The number of ketones is 1. The number of rotatable bonds is 9. The lowest BCUT2D eigenvalue weighted by molar-refractivity contribution is -0.227. The van der Waals surface area contributed by atoms with Crippen molar-refractivity contribution in [2.75, 3.05) is 6.61 Å². The lowest BCUT2D eigenvalue weighted by atomic mass is 9.59. The summed E-state index contributed by atoms with van der Waals surface area (Å²) in [6.45, 7) is 10.4. The second kappa shape index (κ2) is 10.6. The van der Waals surface area contributed by atoms with Crippen LogP contribution in [0.5, 0.6) is 0 Å². The molecule has 0 unspecified atom stereocenters. The molecular formula is C30H40N2O9. The predicted octanol–water partition coefficient (Wildman–Crippen LogP) is 2.48. The fraction of sp³-hybridized carbons (Fsp3) is 0.700. The summed E-state index contributed by atoms with van der Waals surface area (Å²) in [4.78, 5) is 54.0. The van der Waals surface area contributed by atoms with Gasteiger partial charge in [0.15, 0.2) is 11.4 Å². The molecule has 41 heavy (non-hydrogen) atoms. The van der Waals surface area contributed by atoms with E-state index in [0.717, 1.165) is 0 Å². The summed E-state index contributed by atoms with van der Waals surface area (Å²) in [6, 6.07) is 0. The fourth-order valence-corrected chi connectivity index (χ4v) is 7.91. The van der Waals surface area contributed by atoms with Gasteiger partial charge in [-0.05, 0) is 30.9 Å². The molecule has 224 valence electrons. The Labute approximate surface area is 239 Å². The molecule has 2 saturated carbocycles. The van der Waals surface area contributed by atoms with Crippen LogP contribution in [0, 0.1) is 29.1 Å². The van der Waals surface area contributed by atoms with E-state index >= 15 is 0 Å². The van der Waals surface area contributed by atoms with Gasteiger partial charge in [0.05, 0.1) is 5.60 Å². The molecular weight excluding hydrogens is 532 g/mol. The molecule has 8 atom stereocenters. The first-order valence-corrected chi connectivity index (χ1v) is 14.3. The number of nitrogens with zero attached hydrogens (tertiary/aromatic N) is 2. The average molecular weight is 573 g/mol. The van der Waals surface area contributed by atoms with Gasteiger partial charge < -0.3 is 30.0 Å². The number of esters is 3. The van der Waals surface area contributed by atoms with E-state index in [9.17, 15) is 29.4 Å². The molecule has 0 saturated heterocycles. The number of Topliss-reactive ketones (excluding diaryl/α,β-unsaturated/α-hetero) is 1. The zero-order valence-electron chi connectivity index (χ0n) is 24.5. The zero-order chi connectivity index (χ0) is 30.5. The summed E-state index contributed by atoms with van der Waals surface area (Å²) in [7, 11) is 0. The van der Waals surface area contributed by atoms with Crippen molar-refractivity contribution in [1.82, 2.24) is 0 Å². The van der Waals surface area contributed by atoms with Crippen molar-refractivity contribution in [2.45, 2.75) is 96.6 Å². The van der Waals surface area contributed by atoms with Gasteiger partial charge in [-0.2, -0.15) is 4.79 Å². The molecule has 0 bridgehead atoms. The quantitative estimate of drug-likeness (QED) is 0.105. The van der Waals surface area contributed by atoms with Crippen molar-refractivity contribution < 1.29 is 48.4 Å². The van der Waals surface area contributed by atoms with Gasteiger partial charge in [0.25, 0.3) is 0 Å². The zero-order valence-corrected chi connectivity index (χ0v) is 24.5. The van der Waals surface area contributed by atoms with Crippen LogP contribution in [0.4, 0.5) is 0 Å². The Hall–Kier alpha value is -3.14. The van der Waals surface area contributed by atoms with Gasteiger partial charge in [-0.3, -0.25) is 14.4 Å². The summed E-state index contributed by atoms with van der Waals surface area (Å²) in [5.74, 6) is -5.92. The Morgan fingerprint density at radius 2 is 1.76 bits per heavy atom. The molecule has 0 amide bonds. The molecule has 4 rings (SSSR count). The average Bonchev–Trinajstić information content (AvgIpc) is 3.31. The first-order valence-electron chi connectivity index (χ1n) is 14.3. The molecule has 0 heterocycles. The minimum Gasteiger partial charge on any atom is -0.461 e. The Balaban J connectivity index is 1.90. The summed E-state index contributed by atoms with van der Waals surface area (Å²) < 4.78 is 17.4. The molecule has 0 aromatic heterocycles. The summed E-state index contributed by atoms with van der Waals surface area (Å²) in [5.41, 5.74) is 3.61.